The van der Waals surface area contributed by atoms with Gasteiger partial charge in [-0.15, -0.1) is 0 Å². The third kappa shape index (κ3) is 4.61. The first kappa shape index (κ1) is 16.7. The molecule has 0 aliphatic heterocycles. The zero-order valence-electron chi connectivity index (χ0n) is 11.6. The van der Waals surface area contributed by atoms with Crippen LogP contribution in [0.5, 0.6) is 0 Å². The zero-order valence-corrected chi connectivity index (χ0v) is 13.2. The van der Waals surface area contributed by atoms with Crippen LogP contribution in [0.25, 0.3) is 0 Å². The smallest absolute Gasteiger partial charge is 0.335 e. The number of carbonyl (C=O) groups excluding carboxylic acids is 1. The molecule has 1 amide bonds. The number of rotatable bonds is 6. The summed E-state index contributed by atoms with van der Waals surface area (Å²) in [5, 5.41) is 11.7. The maximum absolute atomic E-state index is 12.0. The summed E-state index contributed by atoms with van der Waals surface area (Å²) in [6, 6.07) is 4.38. The van der Waals surface area contributed by atoms with Crippen LogP contribution in [0, 0.1) is 5.92 Å². The number of amides is 1. The van der Waals surface area contributed by atoms with Crippen LogP contribution in [0.4, 0.5) is 0 Å². The highest BCUT2D eigenvalue weighted by Gasteiger charge is 2.16. The lowest BCUT2D eigenvalue weighted by atomic mass is 10.1. The lowest BCUT2D eigenvalue weighted by molar-refractivity contribution is 0.0605. The van der Waals surface area contributed by atoms with E-state index in [0.29, 0.717) is 16.6 Å². The van der Waals surface area contributed by atoms with Crippen molar-refractivity contribution in [3.05, 3.63) is 33.8 Å². The molecule has 1 unspecified atom stereocenters. The zero-order chi connectivity index (χ0) is 15.3. The Morgan fingerprint density at radius 1 is 1.30 bits per heavy atom. The molecule has 0 spiro atoms. The molecule has 0 aromatic heterocycles. The molecule has 0 saturated heterocycles. The molecule has 20 heavy (non-hydrogen) atoms. The highest BCUT2D eigenvalue weighted by molar-refractivity contribution is 9.10. The molecule has 0 bridgehead atoms. The molecular formula is C14H18BrNO4. The first-order chi connectivity index (χ1) is 9.35. The number of aromatic carboxylic acids is 1. The van der Waals surface area contributed by atoms with Crippen LogP contribution in [0.3, 0.4) is 0 Å². The van der Waals surface area contributed by atoms with E-state index in [2.05, 4.69) is 21.2 Å². The maximum Gasteiger partial charge on any atom is 0.335 e. The van der Waals surface area contributed by atoms with Gasteiger partial charge in [0.05, 0.1) is 11.7 Å². The number of carbonyl (C=O) groups is 2. The van der Waals surface area contributed by atoms with Crippen molar-refractivity contribution in [2.24, 2.45) is 5.92 Å². The van der Waals surface area contributed by atoms with Gasteiger partial charge in [-0.2, -0.15) is 0 Å². The van der Waals surface area contributed by atoms with Crippen molar-refractivity contribution in [1.29, 1.82) is 0 Å². The van der Waals surface area contributed by atoms with Crippen LogP contribution >= 0.6 is 15.9 Å². The Labute approximate surface area is 126 Å². The minimum absolute atomic E-state index is 0.0664. The summed E-state index contributed by atoms with van der Waals surface area (Å²) >= 11 is 3.20. The number of halogens is 1. The van der Waals surface area contributed by atoms with Crippen molar-refractivity contribution in [3.8, 4) is 0 Å². The van der Waals surface area contributed by atoms with Crippen molar-refractivity contribution in [3.63, 3.8) is 0 Å². The molecule has 6 heteroatoms. The van der Waals surface area contributed by atoms with Crippen LogP contribution in [0.1, 0.15) is 34.6 Å². The summed E-state index contributed by atoms with van der Waals surface area (Å²) in [6.07, 6.45) is -0.0787. The van der Waals surface area contributed by atoms with Gasteiger partial charge in [0.25, 0.3) is 5.91 Å². The third-order valence-electron chi connectivity index (χ3n) is 2.92. The summed E-state index contributed by atoms with van der Waals surface area (Å²) < 4.78 is 5.82. The molecular weight excluding hydrogens is 326 g/mol. The highest BCUT2D eigenvalue weighted by atomic mass is 79.9. The number of methoxy groups -OCH3 is 1. The average Bonchev–Trinajstić information content (AvgIpc) is 2.37. The Kier molecular flexibility index (Phi) is 6.16. The molecule has 1 rings (SSSR count). The highest BCUT2D eigenvalue weighted by Crippen LogP contribution is 2.16. The summed E-state index contributed by atoms with van der Waals surface area (Å²) in [7, 11) is 1.60. The van der Waals surface area contributed by atoms with Crippen molar-refractivity contribution < 1.29 is 19.4 Å². The molecule has 5 nitrogen and oxygen atoms in total. The van der Waals surface area contributed by atoms with Gasteiger partial charge in [-0.1, -0.05) is 29.8 Å². The van der Waals surface area contributed by atoms with Gasteiger partial charge in [-0.25, -0.2) is 4.79 Å². The topological polar surface area (TPSA) is 75.6 Å². The van der Waals surface area contributed by atoms with Gasteiger partial charge in [0.2, 0.25) is 0 Å². The number of hydrogen-bond donors (Lipinski definition) is 2. The monoisotopic (exact) mass is 343 g/mol. The van der Waals surface area contributed by atoms with Gasteiger partial charge < -0.3 is 15.2 Å². The second-order valence-corrected chi connectivity index (χ2v) is 5.68. The molecule has 0 radical (unpaired) electrons. The molecule has 0 aliphatic rings. The summed E-state index contributed by atoms with van der Waals surface area (Å²) in [6.45, 7) is 4.38. The first-order valence-electron chi connectivity index (χ1n) is 6.20. The van der Waals surface area contributed by atoms with Gasteiger partial charge in [0.15, 0.2) is 0 Å². The Morgan fingerprint density at radius 2 is 1.90 bits per heavy atom. The molecule has 1 aromatic carbocycles. The van der Waals surface area contributed by atoms with Gasteiger partial charge >= 0.3 is 5.97 Å². The van der Waals surface area contributed by atoms with E-state index in [0.717, 1.165) is 0 Å². The predicted molar refractivity (Wildman–Crippen MR) is 79.1 cm³/mol. The van der Waals surface area contributed by atoms with E-state index in [-0.39, 0.29) is 23.5 Å². The van der Waals surface area contributed by atoms with Crippen LogP contribution in [-0.2, 0) is 4.74 Å². The Bertz CT molecular complexity index is 502. The van der Waals surface area contributed by atoms with Crippen molar-refractivity contribution in [1.82, 2.24) is 5.32 Å². The number of ether oxygens (including phenoxy) is 1. The van der Waals surface area contributed by atoms with E-state index >= 15 is 0 Å². The fourth-order valence-electron chi connectivity index (χ4n) is 1.73. The number of benzene rings is 1. The van der Waals surface area contributed by atoms with Gasteiger partial charge in [-0.3, -0.25) is 4.79 Å². The Hall–Kier alpha value is -1.40. The minimum atomic E-state index is -1.07. The van der Waals surface area contributed by atoms with Crippen LogP contribution in [0.2, 0.25) is 0 Å². The SMILES string of the molecule is COC(CNC(=O)c1cc(Br)cc(C(=O)O)c1)C(C)C. The van der Waals surface area contributed by atoms with Crippen molar-refractivity contribution in [2.45, 2.75) is 20.0 Å². The predicted octanol–water partition coefficient (Wildman–Crippen LogP) is 2.55. The Balaban J connectivity index is 2.80. The minimum Gasteiger partial charge on any atom is -0.478 e. The number of hydrogen-bond acceptors (Lipinski definition) is 3. The van der Waals surface area contributed by atoms with E-state index in [4.69, 9.17) is 9.84 Å². The number of carboxylic acid groups (broad SMARTS) is 1. The Morgan fingerprint density at radius 3 is 2.40 bits per heavy atom. The van der Waals surface area contributed by atoms with Gasteiger partial charge in [0.1, 0.15) is 0 Å². The molecule has 110 valence electrons. The van der Waals surface area contributed by atoms with Crippen LogP contribution < -0.4 is 5.32 Å². The number of carboxylic acids is 1. The molecule has 0 aliphatic carbocycles. The average molecular weight is 344 g/mol. The summed E-state index contributed by atoms with van der Waals surface area (Å²) in [4.78, 5) is 23.0. The van der Waals surface area contributed by atoms with Crippen LogP contribution in [-0.4, -0.2) is 36.7 Å². The molecule has 1 atom stereocenters. The van der Waals surface area contributed by atoms with E-state index in [9.17, 15) is 9.59 Å². The fourth-order valence-corrected chi connectivity index (χ4v) is 2.22. The van der Waals surface area contributed by atoms with Crippen molar-refractivity contribution >= 4 is 27.8 Å². The lowest BCUT2D eigenvalue weighted by Crippen LogP contribution is -2.36. The van der Waals surface area contributed by atoms with E-state index in [1.165, 1.54) is 12.1 Å². The molecule has 0 saturated carbocycles. The number of nitrogens with one attached hydrogen (secondary N) is 1. The summed E-state index contributed by atoms with van der Waals surface area (Å²) in [5.74, 6) is -1.12. The van der Waals surface area contributed by atoms with E-state index in [1.54, 1.807) is 13.2 Å². The van der Waals surface area contributed by atoms with E-state index in [1.807, 2.05) is 13.8 Å². The second-order valence-electron chi connectivity index (χ2n) is 4.76. The standard InChI is InChI=1S/C14H18BrNO4/c1-8(2)12(20-3)7-16-13(17)9-4-10(14(18)19)6-11(15)5-9/h4-6,8,12H,7H2,1-3H3,(H,16,17)(H,18,19). The third-order valence-corrected chi connectivity index (χ3v) is 3.37. The lowest BCUT2D eigenvalue weighted by Gasteiger charge is -2.19. The largest absolute Gasteiger partial charge is 0.478 e. The molecule has 0 fully saturated rings. The molecule has 0 heterocycles. The quantitative estimate of drug-likeness (QED) is 0.832. The van der Waals surface area contributed by atoms with E-state index < -0.39 is 5.97 Å². The van der Waals surface area contributed by atoms with Crippen molar-refractivity contribution in [2.75, 3.05) is 13.7 Å². The first-order valence-corrected chi connectivity index (χ1v) is 6.99. The molecule has 2 N–H and O–H groups in total. The van der Waals surface area contributed by atoms with Crippen LogP contribution in [0.15, 0.2) is 22.7 Å². The normalized spacial score (nSPS) is 12.2. The maximum atomic E-state index is 12.0. The van der Waals surface area contributed by atoms with Gasteiger partial charge in [-0.05, 0) is 24.1 Å². The summed E-state index contributed by atoms with van der Waals surface area (Å²) in [5.41, 5.74) is 0.368. The fraction of sp³-hybridized carbons (Fsp3) is 0.429. The molecule has 1 aromatic rings. The van der Waals surface area contributed by atoms with Gasteiger partial charge in [0, 0.05) is 23.7 Å². The second kappa shape index (κ2) is 7.40.